The van der Waals surface area contributed by atoms with E-state index in [9.17, 15) is 4.79 Å². The number of anilines is 1. The molecule has 1 aliphatic heterocycles. The molecule has 0 aliphatic carbocycles. The number of benzene rings is 1. The van der Waals surface area contributed by atoms with Crippen LogP contribution in [0, 0.1) is 11.8 Å². The van der Waals surface area contributed by atoms with E-state index < -0.39 is 0 Å². The second kappa shape index (κ2) is 5.51. The number of amides is 1. The molecule has 0 spiro atoms. The van der Waals surface area contributed by atoms with E-state index in [1.54, 1.807) is 6.92 Å². The average Bonchev–Trinajstić information content (AvgIpc) is 2.49. The SMILES string of the molecule is CC#CCNC1CCc2ccccc2NC1=O. The standard InChI is InChI=1S/C14H16N2O/c1-2-3-10-15-13-9-8-11-6-4-5-7-12(11)16-14(13)17/h4-7,13,15H,8-10H2,1H3,(H,16,17). The molecule has 2 N–H and O–H groups in total. The van der Waals surface area contributed by atoms with Crippen molar-refractivity contribution in [1.82, 2.24) is 5.32 Å². The van der Waals surface area contributed by atoms with Crippen molar-refractivity contribution in [3.05, 3.63) is 29.8 Å². The fourth-order valence-electron chi connectivity index (χ4n) is 1.97. The van der Waals surface area contributed by atoms with Crippen LogP contribution in [0.1, 0.15) is 18.9 Å². The van der Waals surface area contributed by atoms with Crippen LogP contribution >= 0.6 is 0 Å². The Hall–Kier alpha value is -1.79. The van der Waals surface area contributed by atoms with Crippen molar-refractivity contribution in [3.63, 3.8) is 0 Å². The molecule has 3 nitrogen and oxygen atoms in total. The fraction of sp³-hybridized carbons (Fsp3) is 0.357. The first-order chi connectivity index (χ1) is 8.31. The van der Waals surface area contributed by atoms with Crippen LogP contribution in [0.2, 0.25) is 0 Å². The van der Waals surface area contributed by atoms with Crippen molar-refractivity contribution in [2.24, 2.45) is 0 Å². The molecule has 17 heavy (non-hydrogen) atoms. The van der Waals surface area contributed by atoms with E-state index in [1.165, 1.54) is 5.56 Å². The summed E-state index contributed by atoms with van der Waals surface area (Å²) in [5.74, 6) is 5.76. The third-order valence-corrected chi connectivity index (χ3v) is 2.91. The van der Waals surface area contributed by atoms with Crippen LogP contribution in [-0.4, -0.2) is 18.5 Å². The first-order valence-electron chi connectivity index (χ1n) is 5.83. The molecular formula is C14H16N2O. The first kappa shape index (κ1) is 11.7. The molecule has 1 unspecified atom stereocenters. The quantitative estimate of drug-likeness (QED) is 0.754. The predicted molar refractivity (Wildman–Crippen MR) is 68.6 cm³/mol. The Kier molecular flexibility index (Phi) is 3.79. The number of rotatable bonds is 2. The van der Waals surface area contributed by atoms with Gasteiger partial charge in [-0.3, -0.25) is 10.1 Å². The van der Waals surface area contributed by atoms with Gasteiger partial charge in [-0.25, -0.2) is 0 Å². The van der Waals surface area contributed by atoms with E-state index in [2.05, 4.69) is 28.5 Å². The van der Waals surface area contributed by atoms with E-state index in [4.69, 9.17) is 0 Å². The summed E-state index contributed by atoms with van der Waals surface area (Å²) in [7, 11) is 0. The Morgan fingerprint density at radius 3 is 3.12 bits per heavy atom. The van der Waals surface area contributed by atoms with Gasteiger partial charge in [-0.05, 0) is 31.4 Å². The molecule has 1 aliphatic rings. The lowest BCUT2D eigenvalue weighted by Crippen LogP contribution is -2.39. The maximum absolute atomic E-state index is 11.9. The Morgan fingerprint density at radius 1 is 1.47 bits per heavy atom. The topological polar surface area (TPSA) is 41.1 Å². The lowest BCUT2D eigenvalue weighted by molar-refractivity contribution is -0.118. The van der Waals surface area contributed by atoms with Crippen LogP contribution in [0.4, 0.5) is 5.69 Å². The van der Waals surface area contributed by atoms with Gasteiger partial charge in [0.1, 0.15) is 0 Å². The Morgan fingerprint density at radius 2 is 2.29 bits per heavy atom. The highest BCUT2D eigenvalue weighted by Crippen LogP contribution is 2.21. The van der Waals surface area contributed by atoms with Crippen LogP contribution in [0.15, 0.2) is 24.3 Å². The minimum atomic E-state index is -0.150. The molecule has 2 rings (SSSR count). The van der Waals surface area contributed by atoms with Gasteiger partial charge >= 0.3 is 0 Å². The molecule has 0 aromatic heterocycles. The molecule has 1 amide bonds. The van der Waals surface area contributed by atoms with Gasteiger partial charge in [-0.1, -0.05) is 24.1 Å². The smallest absolute Gasteiger partial charge is 0.241 e. The van der Waals surface area contributed by atoms with Gasteiger partial charge in [-0.2, -0.15) is 0 Å². The van der Waals surface area contributed by atoms with Crippen molar-refractivity contribution < 1.29 is 4.79 Å². The van der Waals surface area contributed by atoms with Gasteiger partial charge in [-0.15, -0.1) is 5.92 Å². The third kappa shape index (κ3) is 2.86. The molecule has 0 saturated heterocycles. The summed E-state index contributed by atoms with van der Waals surface area (Å²) < 4.78 is 0. The Bertz CT molecular complexity index is 471. The average molecular weight is 228 g/mol. The zero-order valence-electron chi connectivity index (χ0n) is 9.92. The summed E-state index contributed by atoms with van der Waals surface area (Å²) in [5, 5.41) is 6.11. The van der Waals surface area contributed by atoms with Gasteiger partial charge in [0.2, 0.25) is 5.91 Å². The highest BCUT2D eigenvalue weighted by Gasteiger charge is 2.22. The summed E-state index contributed by atoms with van der Waals surface area (Å²) in [6.45, 7) is 2.36. The number of nitrogens with one attached hydrogen (secondary N) is 2. The lowest BCUT2D eigenvalue weighted by atomic mass is 10.1. The Labute approximate surface area is 102 Å². The van der Waals surface area contributed by atoms with Crippen LogP contribution in [-0.2, 0) is 11.2 Å². The molecule has 0 fully saturated rings. The number of para-hydroxylation sites is 1. The predicted octanol–water partition coefficient (Wildman–Crippen LogP) is 1.55. The minimum Gasteiger partial charge on any atom is -0.324 e. The van der Waals surface area contributed by atoms with Gasteiger partial charge in [0.15, 0.2) is 0 Å². The van der Waals surface area contributed by atoms with Crippen LogP contribution < -0.4 is 10.6 Å². The minimum absolute atomic E-state index is 0.0350. The van der Waals surface area contributed by atoms with Crippen LogP contribution in [0.25, 0.3) is 0 Å². The van der Waals surface area contributed by atoms with Gasteiger partial charge in [0.25, 0.3) is 0 Å². The number of carbonyl (C=O) groups excluding carboxylic acids is 1. The molecule has 1 aromatic rings. The zero-order chi connectivity index (χ0) is 12.1. The summed E-state index contributed by atoms with van der Waals surface area (Å²) in [4.78, 5) is 11.9. The molecule has 0 saturated carbocycles. The van der Waals surface area contributed by atoms with Crippen LogP contribution in [0.3, 0.4) is 0 Å². The molecule has 88 valence electrons. The molecule has 1 aromatic carbocycles. The third-order valence-electron chi connectivity index (χ3n) is 2.91. The number of carbonyl (C=O) groups is 1. The molecule has 1 atom stereocenters. The number of fused-ring (bicyclic) bond motifs is 1. The fourth-order valence-corrected chi connectivity index (χ4v) is 1.97. The zero-order valence-corrected chi connectivity index (χ0v) is 9.92. The van der Waals surface area contributed by atoms with Gasteiger partial charge in [0, 0.05) is 5.69 Å². The molecule has 0 bridgehead atoms. The van der Waals surface area contributed by atoms with Gasteiger partial charge < -0.3 is 5.32 Å². The van der Waals surface area contributed by atoms with Crippen molar-refractivity contribution >= 4 is 11.6 Å². The molecule has 0 radical (unpaired) electrons. The second-order valence-electron chi connectivity index (χ2n) is 4.05. The van der Waals surface area contributed by atoms with E-state index in [1.807, 2.05) is 18.2 Å². The van der Waals surface area contributed by atoms with Crippen molar-refractivity contribution in [2.45, 2.75) is 25.8 Å². The van der Waals surface area contributed by atoms with Crippen LogP contribution in [0.5, 0.6) is 0 Å². The molecule has 1 heterocycles. The second-order valence-corrected chi connectivity index (χ2v) is 4.05. The van der Waals surface area contributed by atoms with Crippen molar-refractivity contribution in [1.29, 1.82) is 0 Å². The highest BCUT2D eigenvalue weighted by molar-refractivity contribution is 5.96. The number of hydrogen-bond acceptors (Lipinski definition) is 2. The van der Waals surface area contributed by atoms with E-state index in [-0.39, 0.29) is 11.9 Å². The maximum atomic E-state index is 11.9. The maximum Gasteiger partial charge on any atom is 0.241 e. The lowest BCUT2D eigenvalue weighted by Gasteiger charge is -2.12. The monoisotopic (exact) mass is 228 g/mol. The van der Waals surface area contributed by atoms with Gasteiger partial charge in [0.05, 0.1) is 12.6 Å². The van der Waals surface area contributed by atoms with E-state index in [0.29, 0.717) is 6.54 Å². The summed E-state index contributed by atoms with van der Waals surface area (Å²) in [6, 6.07) is 7.80. The molecular weight excluding hydrogens is 212 g/mol. The summed E-state index contributed by atoms with van der Waals surface area (Å²) >= 11 is 0. The summed E-state index contributed by atoms with van der Waals surface area (Å²) in [6.07, 6.45) is 1.72. The highest BCUT2D eigenvalue weighted by atomic mass is 16.2. The number of aryl methyl sites for hydroxylation is 1. The Balaban J connectivity index is 2.06. The van der Waals surface area contributed by atoms with E-state index >= 15 is 0 Å². The van der Waals surface area contributed by atoms with Crippen molar-refractivity contribution in [2.75, 3.05) is 11.9 Å². The number of hydrogen-bond donors (Lipinski definition) is 2. The first-order valence-corrected chi connectivity index (χ1v) is 5.83. The normalized spacial score (nSPS) is 18.4. The molecule has 3 heteroatoms. The van der Waals surface area contributed by atoms with Crippen molar-refractivity contribution in [3.8, 4) is 11.8 Å². The summed E-state index contributed by atoms with van der Waals surface area (Å²) in [5.41, 5.74) is 2.13. The van der Waals surface area contributed by atoms with E-state index in [0.717, 1.165) is 18.5 Å². The largest absolute Gasteiger partial charge is 0.324 e.